The average molecular weight is 235 g/mol. The second-order valence-corrected chi connectivity index (χ2v) is 4.04. The maximum atomic E-state index is 5.43. The van der Waals surface area contributed by atoms with Crippen LogP contribution in [0.5, 0.6) is 0 Å². The second-order valence-electron chi connectivity index (χ2n) is 4.04. The summed E-state index contributed by atoms with van der Waals surface area (Å²) >= 11 is 0. The molecule has 2 heterocycles. The first-order valence-electron chi connectivity index (χ1n) is 5.88. The minimum absolute atomic E-state index is 0.529. The number of aryl methyl sites for hydroxylation is 2. The van der Waals surface area contributed by atoms with Gasteiger partial charge < -0.3 is 14.7 Å². The van der Waals surface area contributed by atoms with Crippen LogP contribution in [0.25, 0.3) is 11.6 Å². The molecule has 2 aromatic rings. The van der Waals surface area contributed by atoms with Crippen molar-refractivity contribution in [2.45, 2.75) is 32.6 Å². The highest BCUT2D eigenvalue weighted by Crippen LogP contribution is 2.21. The molecular weight excluding hydrogens is 218 g/mol. The van der Waals surface area contributed by atoms with Crippen molar-refractivity contribution in [3.8, 4) is 11.6 Å². The summed E-state index contributed by atoms with van der Waals surface area (Å²) in [5.41, 5.74) is 6.44. The van der Waals surface area contributed by atoms with Gasteiger partial charge in [0.2, 0.25) is 11.7 Å². The highest BCUT2D eigenvalue weighted by atomic mass is 16.5. The zero-order chi connectivity index (χ0) is 12.1. The van der Waals surface area contributed by atoms with Gasteiger partial charge in [-0.2, -0.15) is 4.98 Å². The Bertz CT molecular complexity index is 462. The van der Waals surface area contributed by atoms with Crippen molar-refractivity contribution in [2.24, 2.45) is 5.73 Å². The summed E-state index contributed by atoms with van der Waals surface area (Å²) in [6, 6.07) is 1.88. The van der Waals surface area contributed by atoms with Gasteiger partial charge in [0.1, 0.15) is 0 Å². The van der Waals surface area contributed by atoms with E-state index in [0.717, 1.165) is 37.8 Å². The lowest BCUT2D eigenvalue weighted by molar-refractivity contribution is 0.373. The fourth-order valence-corrected chi connectivity index (χ4v) is 1.65. The SMILES string of the molecule is Cc1ccoc1-c1noc(CCCCCN)n1. The Morgan fingerprint density at radius 1 is 1.29 bits per heavy atom. The molecule has 17 heavy (non-hydrogen) atoms. The monoisotopic (exact) mass is 235 g/mol. The minimum Gasteiger partial charge on any atom is -0.461 e. The maximum Gasteiger partial charge on any atom is 0.238 e. The fraction of sp³-hybridized carbons (Fsp3) is 0.500. The standard InChI is InChI=1S/C12H17N3O2/c1-9-6-8-16-11(9)12-14-10(17-15-12)5-3-2-4-7-13/h6,8H,2-5,7,13H2,1H3. The molecule has 0 saturated carbocycles. The van der Waals surface area contributed by atoms with Gasteiger partial charge in [-0.3, -0.25) is 0 Å². The first-order valence-corrected chi connectivity index (χ1v) is 5.88. The summed E-state index contributed by atoms with van der Waals surface area (Å²) in [6.45, 7) is 2.69. The van der Waals surface area contributed by atoms with Crippen molar-refractivity contribution in [1.82, 2.24) is 10.1 Å². The topological polar surface area (TPSA) is 78.1 Å². The smallest absolute Gasteiger partial charge is 0.238 e. The van der Waals surface area contributed by atoms with Gasteiger partial charge in [-0.15, -0.1) is 0 Å². The van der Waals surface area contributed by atoms with E-state index in [9.17, 15) is 0 Å². The van der Waals surface area contributed by atoms with Crippen molar-refractivity contribution >= 4 is 0 Å². The van der Waals surface area contributed by atoms with Crippen molar-refractivity contribution in [3.63, 3.8) is 0 Å². The van der Waals surface area contributed by atoms with Gasteiger partial charge >= 0.3 is 0 Å². The van der Waals surface area contributed by atoms with Crippen molar-refractivity contribution in [1.29, 1.82) is 0 Å². The van der Waals surface area contributed by atoms with Gasteiger partial charge in [-0.25, -0.2) is 0 Å². The third kappa shape index (κ3) is 2.94. The van der Waals surface area contributed by atoms with E-state index in [4.69, 9.17) is 14.7 Å². The molecule has 0 amide bonds. The zero-order valence-electron chi connectivity index (χ0n) is 9.98. The van der Waals surface area contributed by atoms with E-state index in [2.05, 4.69) is 10.1 Å². The Balaban J connectivity index is 1.95. The van der Waals surface area contributed by atoms with E-state index in [1.165, 1.54) is 0 Å². The first kappa shape index (κ1) is 11.9. The third-order valence-electron chi connectivity index (χ3n) is 2.63. The highest BCUT2D eigenvalue weighted by Gasteiger charge is 2.13. The molecule has 0 atom stereocenters. The molecule has 0 bridgehead atoms. The van der Waals surface area contributed by atoms with Gasteiger partial charge in [-0.05, 0) is 37.9 Å². The number of furan rings is 1. The molecule has 2 rings (SSSR count). The summed E-state index contributed by atoms with van der Waals surface area (Å²) in [5.74, 6) is 1.87. The molecule has 0 spiro atoms. The number of aromatic nitrogens is 2. The number of nitrogens with zero attached hydrogens (tertiary/aromatic N) is 2. The second kappa shape index (κ2) is 5.63. The number of unbranched alkanes of at least 4 members (excludes halogenated alkanes) is 2. The van der Waals surface area contributed by atoms with E-state index in [0.29, 0.717) is 17.5 Å². The van der Waals surface area contributed by atoms with Gasteiger partial charge in [0.25, 0.3) is 0 Å². The summed E-state index contributed by atoms with van der Waals surface area (Å²) in [5, 5.41) is 3.91. The van der Waals surface area contributed by atoms with Gasteiger partial charge in [0, 0.05) is 6.42 Å². The van der Waals surface area contributed by atoms with E-state index in [1.807, 2.05) is 13.0 Å². The van der Waals surface area contributed by atoms with Crippen LogP contribution in [0.2, 0.25) is 0 Å². The molecule has 0 radical (unpaired) electrons. The van der Waals surface area contributed by atoms with Crippen LogP contribution in [-0.2, 0) is 6.42 Å². The van der Waals surface area contributed by atoms with Crippen LogP contribution < -0.4 is 5.73 Å². The van der Waals surface area contributed by atoms with Gasteiger partial charge in [-0.1, -0.05) is 11.6 Å². The summed E-state index contributed by atoms with van der Waals surface area (Å²) in [4.78, 5) is 4.31. The molecular formula is C12H17N3O2. The summed E-state index contributed by atoms with van der Waals surface area (Å²) in [7, 11) is 0. The van der Waals surface area contributed by atoms with Crippen LogP contribution in [-0.4, -0.2) is 16.7 Å². The lowest BCUT2D eigenvalue weighted by Gasteiger charge is -1.94. The van der Waals surface area contributed by atoms with Crippen LogP contribution in [0.3, 0.4) is 0 Å². The predicted octanol–water partition coefficient (Wildman–Crippen LogP) is 2.31. The van der Waals surface area contributed by atoms with E-state index in [1.54, 1.807) is 6.26 Å². The Labute approximate surface area is 100.0 Å². The molecule has 0 aliphatic carbocycles. The average Bonchev–Trinajstić information content (AvgIpc) is 2.93. The molecule has 92 valence electrons. The molecule has 5 nitrogen and oxygen atoms in total. The number of hydrogen-bond acceptors (Lipinski definition) is 5. The first-order chi connectivity index (χ1) is 8.31. The van der Waals surface area contributed by atoms with Crippen LogP contribution >= 0.6 is 0 Å². The fourth-order valence-electron chi connectivity index (χ4n) is 1.65. The molecule has 0 aliphatic heterocycles. The zero-order valence-corrected chi connectivity index (χ0v) is 9.98. The van der Waals surface area contributed by atoms with Crippen LogP contribution in [0.1, 0.15) is 30.7 Å². The van der Waals surface area contributed by atoms with Gasteiger partial charge in [0.15, 0.2) is 5.76 Å². The molecule has 2 aromatic heterocycles. The van der Waals surface area contributed by atoms with Crippen molar-refractivity contribution < 1.29 is 8.94 Å². The molecule has 0 aliphatic rings. The molecule has 0 aromatic carbocycles. The van der Waals surface area contributed by atoms with Crippen LogP contribution in [0, 0.1) is 6.92 Å². The van der Waals surface area contributed by atoms with E-state index in [-0.39, 0.29) is 0 Å². The van der Waals surface area contributed by atoms with Crippen LogP contribution in [0.15, 0.2) is 21.3 Å². The van der Waals surface area contributed by atoms with E-state index < -0.39 is 0 Å². The molecule has 5 heteroatoms. The Hall–Kier alpha value is -1.62. The summed E-state index contributed by atoms with van der Waals surface area (Å²) in [6.07, 6.45) is 5.58. The number of hydrogen-bond donors (Lipinski definition) is 1. The lowest BCUT2D eigenvalue weighted by atomic mass is 10.2. The molecule has 0 saturated heterocycles. The Morgan fingerprint density at radius 3 is 2.88 bits per heavy atom. The highest BCUT2D eigenvalue weighted by molar-refractivity contribution is 5.50. The molecule has 0 unspecified atom stereocenters. The summed E-state index contributed by atoms with van der Waals surface area (Å²) < 4.78 is 10.5. The Kier molecular flexibility index (Phi) is 3.93. The lowest BCUT2D eigenvalue weighted by Crippen LogP contribution is -1.98. The number of nitrogens with two attached hydrogens (primary N) is 1. The van der Waals surface area contributed by atoms with Crippen molar-refractivity contribution in [3.05, 3.63) is 23.8 Å². The van der Waals surface area contributed by atoms with E-state index >= 15 is 0 Å². The maximum absolute atomic E-state index is 5.43. The molecule has 0 fully saturated rings. The Morgan fingerprint density at radius 2 is 2.18 bits per heavy atom. The minimum atomic E-state index is 0.529. The predicted molar refractivity (Wildman–Crippen MR) is 63.3 cm³/mol. The van der Waals surface area contributed by atoms with Crippen molar-refractivity contribution in [2.75, 3.05) is 6.54 Å². The van der Waals surface area contributed by atoms with Gasteiger partial charge in [0.05, 0.1) is 6.26 Å². The third-order valence-corrected chi connectivity index (χ3v) is 2.63. The molecule has 2 N–H and O–H groups in total. The normalized spacial score (nSPS) is 10.9. The largest absolute Gasteiger partial charge is 0.461 e. The number of rotatable bonds is 6. The van der Waals surface area contributed by atoms with Crippen LogP contribution in [0.4, 0.5) is 0 Å². The quantitative estimate of drug-likeness (QED) is 0.777.